The van der Waals surface area contributed by atoms with Crippen molar-refractivity contribution in [2.75, 3.05) is 38.5 Å². The average Bonchev–Trinajstić information content (AvgIpc) is 2.81. The Balaban J connectivity index is 1.77. The van der Waals surface area contributed by atoms with Crippen LogP contribution in [-0.4, -0.2) is 60.2 Å². The summed E-state index contributed by atoms with van der Waals surface area (Å²) in [4.78, 5) is 18.4. The van der Waals surface area contributed by atoms with Crippen LogP contribution in [0.2, 0.25) is 0 Å². The number of likely N-dealkylation sites (tertiary alicyclic amines) is 1. The molecule has 2 heterocycles. The van der Waals surface area contributed by atoms with Crippen molar-refractivity contribution in [1.82, 2.24) is 15.2 Å². The number of aromatic nitrogens is 1. The largest absolute Gasteiger partial charge is 0.390 e. The lowest BCUT2D eigenvalue weighted by atomic mass is 10.2. The fourth-order valence-corrected chi connectivity index (χ4v) is 2.70. The van der Waals surface area contributed by atoms with Crippen LogP contribution in [0.15, 0.2) is 18.3 Å². The van der Waals surface area contributed by atoms with Gasteiger partial charge in [0.25, 0.3) is 5.91 Å². The zero-order valence-electron chi connectivity index (χ0n) is 13.2. The first-order valence-corrected chi connectivity index (χ1v) is 8.01. The molecule has 0 aliphatic carbocycles. The second-order valence-corrected chi connectivity index (χ2v) is 5.76. The third-order valence-electron chi connectivity index (χ3n) is 3.94. The van der Waals surface area contributed by atoms with Crippen LogP contribution in [0.1, 0.15) is 36.0 Å². The van der Waals surface area contributed by atoms with Crippen LogP contribution in [0, 0.1) is 0 Å². The van der Waals surface area contributed by atoms with Gasteiger partial charge in [-0.3, -0.25) is 4.79 Å². The average molecular weight is 306 g/mol. The van der Waals surface area contributed by atoms with Gasteiger partial charge in [0.15, 0.2) is 0 Å². The van der Waals surface area contributed by atoms with E-state index in [4.69, 9.17) is 0 Å². The van der Waals surface area contributed by atoms with Gasteiger partial charge in [-0.2, -0.15) is 0 Å². The number of aliphatic hydroxyl groups is 1. The Kier molecular flexibility index (Phi) is 6.61. The monoisotopic (exact) mass is 306 g/mol. The number of carbonyl (C=O) groups excluding carboxylic acids is 1. The minimum atomic E-state index is -0.535. The molecule has 0 aromatic carbocycles. The van der Waals surface area contributed by atoms with Gasteiger partial charge < -0.3 is 20.6 Å². The van der Waals surface area contributed by atoms with Gasteiger partial charge in [-0.25, -0.2) is 4.98 Å². The first-order chi connectivity index (χ1) is 10.7. The maximum absolute atomic E-state index is 12.1. The summed E-state index contributed by atoms with van der Waals surface area (Å²) in [6.45, 7) is 2.98. The number of nitrogens with zero attached hydrogens (tertiary/aromatic N) is 2. The number of hydrogen-bond donors (Lipinski definition) is 3. The smallest absolute Gasteiger partial charge is 0.251 e. The molecule has 6 heteroatoms. The van der Waals surface area contributed by atoms with E-state index in [9.17, 15) is 9.90 Å². The number of β-amino-alcohol motifs (C(OH)–C–C–N with tert-alkyl or cyclic N) is 1. The number of pyridine rings is 1. The van der Waals surface area contributed by atoms with E-state index in [0.29, 0.717) is 17.9 Å². The lowest BCUT2D eigenvalue weighted by molar-refractivity contribution is 0.0862. The molecule has 0 spiro atoms. The molecule has 6 nitrogen and oxygen atoms in total. The summed E-state index contributed by atoms with van der Waals surface area (Å²) in [6, 6.07) is 3.36. The lowest BCUT2D eigenvalue weighted by Crippen LogP contribution is -2.40. The third-order valence-corrected chi connectivity index (χ3v) is 3.94. The van der Waals surface area contributed by atoms with Crippen molar-refractivity contribution < 1.29 is 9.90 Å². The Labute approximate surface area is 131 Å². The van der Waals surface area contributed by atoms with Crippen LogP contribution in [0.25, 0.3) is 0 Å². The first-order valence-electron chi connectivity index (χ1n) is 8.01. The molecule has 1 aromatic rings. The highest BCUT2D eigenvalue weighted by Crippen LogP contribution is 2.10. The molecule has 3 N–H and O–H groups in total. The summed E-state index contributed by atoms with van der Waals surface area (Å²) in [5, 5.41) is 15.8. The molecule has 22 heavy (non-hydrogen) atoms. The topological polar surface area (TPSA) is 77.5 Å². The van der Waals surface area contributed by atoms with E-state index in [1.807, 2.05) is 0 Å². The van der Waals surface area contributed by atoms with E-state index in [-0.39, 0.29) is 12.5 Å². The predicted molar refractivity (Wildman–Crippen MR) is 87.0 cm³/mol. The molecule has 1 aromatic heterocycles. The van der Waals surface area contributed by atoms with Crippen molar-refractivity contribution in [3.63, 3.8) is 0 Å². The second kappa shape index (κ2) is 8.70. The minimum absolute atomic E-state index is 0.186. The van der Waals surface area contributed by atoms with Crippen LogP contribution >= 0.6 is 0 Å². The Morgan fingerprint density at radius 2 is 2.09 bits per heavy atom. The molecule has 1 saturated heterocycles. The summed E-state index contributed by atoms with van der Waals surface area (Å²) in [5.41, 5.74) is 0.543. The van der Waals surface area contributed by atoms with Gasteiger partial charge in [-0.05, 0) is 38.1 Å². The normalized spacial score (nSPS) is 17.5. The Morgan fingerprint density at radius 1 is 1.36 bits per heavy atom. The van der Waals surface area contributed by atoms with E-state index in [1.54, 1.807) is 25.4 Å². The maximum Gasteiger partial charge on any atom is 0.251 e. The van der Waals surface area contributed by atoms with Crippen molar-refractivity contribution in [2.24, 2.45) is 0 Å². The molecule has 0 radical (unpaired) electrons. The molecule has 122 valence electrons. The quantitative estimate of drug-likeness (QED) is 0.733. The number of carbonyl (C=O) groups is 1. The molecule has 1 atom stereocenters. The fraction of sp³-hybridized carbons (Fsp3) is 0.625. The van der Waals surface area contributed by atoms with Gasteiger partial charge in [-0.15, -0.1) is 0 Å². The number of nitrogens with one attached hydrogen (secondary N) is 2. The van der Waals surface area contributed by atoms with Crippen molar-refractivity contribution in [3.05, 3.63) is 23.9 Å². The van der Waals surface area contributed by atoms with Crippen molar-refractivity contribution in [1.29, 1.82) is 0 Å². The standard InChI is InChI=1S/C16H26N4O2/c1-17-15-10-13(6-7-18-15)16(22)19-11-14(21)12-20-8-4-2-3-5-9-20/h6-7,10,14,21H,2-5,8-9,11-12H2,1H3,(H,17,18)(H,19,22). The summed E-state index contributed by atoms with van der Waals surface area (Å²) in [5.74, 6) is 0.464. The molecular weight excluding hydrogens is 280 g/mol. The van der Waals surface area contributed by atoms with Gasteiger partial charge in [-0.1, -0.05) is 12.8 Å². The van der Waals surface area contributed by atoms with Crippen molar-refractivity contribution in [2.45, 2.75) is 31.8 Å². The number of aliphatic hydroxyl groups excluding tert-OH is 1. The molecule has 1 amide bonds. The number of anilines is 1. The SMILES string of the molecule is CNc1cc(C(=O)NCC(O)CN2CCCCCC2)ccn1. The Hall–Kier alpha value is -1.66. The molecule has 1 aliphatic rings. The zero-order valence-corrected chi connectivity index (χ0v) is 13.2. The number of hydrogen-bond acceptors (Lipinski definition) is 5. The number of rotatable bonds is 6. The molecule has 1 fully saturated rings. The van der Waals surface area contributed by atoms with E-state index in [2.05, 4.69) is 20.5 Å². The predicted octanol–water partition coefficient (Wildman–Crippen LogP) is 1.09. The van der Waals surface area contributed by atoms with E-state index in [0.717, 1.165) is 13.1 Å². The second-order valence-electron chi connectivity index (χ2n) is 5.76. The first kappa shape index (κ1) is 16.7. The van der Waals surface area contributed by atoms with Gasteiger partial charge in [0.05, 0.1) is 6.10 Å². The summed E-state index contributed by atoms with van der Waals surface area (Å²) in [6.07, 6.45) is 6.01. The van der Waals surface area contributed by atoms with Gasteiger partial charge >= 0.3 is 0 Å². The zero-order chi connectivity index (χ0) is 15.8. The Morgan fingerprint density at radius 3 is 2.77 bits per heavy atom. The molecule has 1 unspecified atom stereocenters. The van der Waals surface area contributed by atoms with Gasteiger partial charge in [0, 0.05) is 31.9 Å². The van der Waals surface area contributed by atoms with Crippen molar-refractivity contribution in [3.8, 4) is 0 Å². The summed E-state index contributed by atoms with van der Waals surface area (Å²) < 4.78 is 0. The highest BCUT2D eigenvalue weighted by Gasteiger charge is 2.15. The maximum atomic E-state index is 12.1. The van der Waals surface area contributed by atoms with Crippen LogP contribution < -0.4 is 10.6 Å². The van der Waals surface area contributed by atoms with Gasteiger partial charge in [0.1, 0.15) is 5.82 Å². The van der Waals surface area contributed by atoms with Crippen molar-refractivity contribution >= 4 is 11.7 Å². The lowest BCUT2D eigenvalue weighted by Gasteiger charge is -2.23. The Bertz CT molecular complexity index is 473. The van der Waals surface area contributed by atoms with E-state index in [1.165, 1.54) is 25.7 Å². The van der Waals surface area contributed by atoms with Crippen LogP contribution in [0.5, 0.6) is 0 Å². The molecule has 1 aliphatic heterocycles. The third kappa shape index (κ3) is 5.27. The molecular formula is C16H26N4O2. The molecule has 0 bridgehead atoms. The molecule has 2 rings (SSSR count). The molecule has 0 saturated carbocycles. The van der Waals surface area contributed by atoms with Crippen LogP contribution in [0.4, 0.5) is 5.82 Å². The fourth-order valence-electron chi connectivity index (χ4n) is 2.70. The summed E-state index contributed by atoms with van der Waals surface area (Å²) >= 11 is 0. The minimum Gasteiger partial charge on any atom is -0.390 e. The van der Waals surface area contributed by atoms with Crippen LogP contribution in [-0.2, 0) is 0 Å². The highest BCUT2D eigenvalue weighted by atomic mass is 16.3. The summed E-state index contributed by atoms with van der Waals surface area (Å²) in [7, 11) is 1.76. The van der Waals surface area contributed by atoms with Crippen LogP contribution in [0.3, 0.4) is 0 Å². The van der Waals surface area contributed by atoms with Gasteiger partial charge in [0.2, 0.25) is 0 Å². The number of amides is 1. The van der Waals surface area contributed by atoms with E-state index < -0.39 is 6.10 Å². The van der Waals surface area contributed by atoms with E-state index >= 15 is 0 Å². The highest BCUT2D eigenvalue weighted by molar-refractivity contribution is 5.94.